The molecular formula is C10H6N2OS. The van der Waals surface area contributed by atoms with E-state index in [0.29, 0.717) is 5.39 Å². The highest BCUT2D eigenvalue weighted by Gasteiger charge is 2.03. The van der Waals surface area contributed by atoms with Gasteiger partial charge in [-0.15, -0.1) is 11.3 Å². The SMILES string of the molecule is O=c1c2ccccc2nc2sccn12. The zero-order valence-corrected chi connectivity index (χ0v) is 7.99. The normalized spacial score (nSPS) is 11.1. The van der Waals surface area contributed by atoms with Gasteiger partial charge in [-0.25, -0.2) is 4.98 Å². The second kappa shape index (κ2) is 2.65. The Labute approximate surface area is 83.3 Å². The van der Waals surface area contributed by atoms with Crippen LogP contribution >= 0.6 is 11.3 Å². The molecule has 3 nitrogen and oxygen atoms in total. The standard InChI is InChI=1S/C10H6N2OS/c13-9-7-3-1-2-4-8(7)11-10-12(9)5-6-14-10/h1-6H. The van der Waals surface area contributed by atoms with Crippen LogP contribution in [0.15, 0.2) is 40.6 Å². The van der Waals surface area contributed by atoms with Crippen LogP contribution in [0.25, 0.3) is 15.9 Å². The predicted molar refractivity (Wildman–Crippen MR) is 56.8 cm³/mol. The molecule has 0 aliphatic carbocycles. The number of hydrogen-bond donors (Lipinski definition) is 0. The quantitative estimate of drug-likeness (QED) is 0.558. The van der Waals surface area contributed by atoms with Crippen molar-refractivity contribution in [3.63, 3.8) is 0 Å². The molecule has 68 valence electrons. The minimum Gasteiger partial charge on any atom is -0.268 e. The highest BCUT2D eigenvalue weighted by atomic mass is 32.1. The molecular weight excluding hydrogens is 196 g/mol. The fourth-order valence-electron chi connectivity index (χ4n) is 1.49. The minimum atomic E-state index is 0.00634. The zero-order chi connectivity index (χ0) is 9.54. The van der Waals surface area contributed by atoms with Gasteiger partial charge in [-0.05, 0) is 12.1 Å². The van der Waals surface area contributed by atoms with E-state index >= 15 is 0 Å². The predicted octanol–water partition coefficient (Wildman–Crippen LogP) is 1.91. The van der Waals surface area contributed by atoms with Gasteiger partial charge in [0.05, 0.1) is 10.9 Å². The molecule has 0 aliphatic rings. The smallest absolute Gasteiger partial charge is 0.266 e. The van der Waals surface area contributed by atoms with Crippen molar-refractivity contribution in [2.24, 2.45) is 0 Å². The summed E-state index contributed by atoms with van der Waals surface area (Å²) >= 11 is 1.47. The molecule has 0 fully saturated rings. The first-order chi connectivity index (χ1) is 6.86. The molecule has 3 aromatic rings. The van der Waals surface area contributed by atoms with E-state index in [-0.39, 0.29) is 5.56 Å². The van der Waals surface area contributed by atoms with Crippen molar-refractivity contribution in [2.75, 3.05) is 0 Å². The van der Waals surface area contributed by atoms with Crippen LogP contribution < -0.4 is 5.56 Å². The Morgan fingerprint density at radius 2 is 2.14 bits per heavy atom. The number of benzene rings is 1. The van der Waals surface area contributed by atoms with Crippen molar-refractivity contribution in [1.82, 2.24) is 9.38 Å². The molecule has 2 heterocycles. The lowest BCUT2D eigenvalue weighted by Crippen LogP contribution is -2.12. The maximum atomic E-state index is 11.9. The van der Waals surface area contributed by atoms with Crippen LogP contribution in [0.1, 0.15) is 0 Å². The number of rotatable bonds is 0. The maximum Gasteiger partial charge on any atom is 0.266 e. The maximum absolute atomic E-state index is 11.9. The van der Waals surface area contributed by atoms with Crippen molar-refractivity contribution < 1.29 is 0 Å². The van der Waals surface area contributed by atoms with Crippen LogP contribution in [-0.2, 0) is 0 Å². The fourth-order valence-corrected chi connectivity index (χ4v) is 2.20. The average Bonchev–Trinajstić information content (AvgIpc) is 2.66. The summed E-state index contributed by atoms with van der Waals surface area (Å²) in [6.45, 7) is 0. The summed E-state index contributed by atoms with van der Waals surface area (Å²) in [4.78, 5) is 17.0. The number of aromatic nitrogens is 2. The number of thiazole rings is 1. The molecule has 0 radical (unpaired) electrons. The van der Waals surface area contributed by atoms with Gasteiger partial charge in [0.1, 0.15) is 0 Å². The molecule has 0 amide bonds. The lowest BCUT2D eigenvalue weighted by molar-refractivity contribution is 1.11. The summed E-state index contributed by atoms with van der Waals surface area (Å²) in [6, 6.07) is 7.40. The lowest BCUT2D eigenvalue weighted by atomic mass is 10.2. The van der Waals surface area contributed by atoms with Gasteiger partial charge in [0.2, 0.25) is 0 Å². The molecule has 0 saturated carbocycles. The molecule has 0 N–H and O–H groups in total. The van der Waals surface area contributed by atoms with Gasteiger partial charge in [-0.2, -0.15) is 0 Å². The van der Waals surface area contributed by atoms with E-state index in [0.717, 1.165) is 10.5 Å². The summed E-state index contributed by atoms with van der Waals surface area (Å²) in [7, 11) is 0. The van der Waals surface area contributed by atoms with Gasteiger partial charge in [-0.3, -0.25) is 9.20 Å². The lowest BCUT2D eigenvalue weighted by Gasteiger charge is -1.96. The summed E-state index contributed by atoms with van der Waals surface area (Å²) in [5.74, 6) is 0. The van der Waals surface area contributed by atoms with E-state index in [1.54, 1.807) is 16.7 Å². The van der Waals surface area contributed by atoms with Crippen molar-refractivity contribution in [1.29, 1.82) is 0 Å². The summed E-state index contributed by atoms with van der Waals surface area (Å²) in [6.07, 6.45) is 1.75. The molecule has 0 saturated heterocycles. The summed E-state index contributed by atoms with van der Waals surface area (Å²) < 4.78 is 1.58. The van der Waals surface area contributed by atoms with Gasteiger partial charge in [0.15, 0.2) is 4.96 Å². The van der Waals surface area contributed by atoms with Crippen molar-refractivity contribution >= 4 is 27.2 Å². The van der Waals surface area contributed by atoms with Gasteiger partial charge in [0, 0.05) is 11.6 Å². The van der Waals surface area contributed by atoms with Crippen LogP contribution in [-0.4, -0.2) is 9.38 Å². The highest BCUT2D eigenvalue weighted by Crippen LogP contribution is 2.11. The Kier molecular flexibility index (Phi) is 1.46. The Bertz CT molecular complexity index is 668. The van der Waals surface area contributed by atoms with E-state index in [2.05, 4.69) is 4.98 Å². The third-order valence-corrected chi connectivity index (χ3v) is 2.92. The molecule has 4 heteroatoms. The van der Waals surface area contributed by atoms with Crippen molar-refractivity contribution in [3.05, 3.63) is 46.2 Å². The van der Waals surface area contributed by atoms with E-state index in [4.69, 9.17) is 0 Å². The van der Waals surface area contributed by atoms with Gasteiger partial charge < -0.3 is 0 Å². The topological polar surface area (TPSA) is 34.4 Å². The van der Waals surface area contributed by atoms with Crippen LogP contribution in [0.2, 0.25) is 0 Å². The zero-order valence-electron chi connectivity index (χ0n) is 7.18. The number of hydrogen-bond acceptors (Lipinski definition) is 3. The first kappa shape index (κ1) is 7.70. The Morgan fingerprint density at radius 3 is 3.07 bits per heavy atom. The molecule has 3 rings (SSSR count). The second-order valence-corrected chi connectivity index (χ2v) is 3.86. The molecule has 0 spiro atoms. The molecule has 1 aromatic carbocycles. The van der Waals surface area contributed by atoms with Crippen molar-refractivity contribution in [3.8, 4) is 0 Å². The van der Waals surface area contributed by atoms with Crippen LogP contribution in [0, 0.1) is 0 Å². The molecule has 0 unspecified atom stereocenters. The molecule has 0 aliphatic heterocycles. The summed E-state index contributed by atoms with van der Waals surface area (Å²) in [5, 5.41) is 2.53. The van der Waals surface area contributed by atoms with Crippen LogP contribution in [0.5, 0.6) is 0 Å². The molecule has 2 aromatic heterocycles. The highest BCUT2D eigenvalue weighted by molar-refractivity contribution is 7.15. The first-order valence-electron chi connectivity index (χ1n) is 4.21. The Hall–Kier alpha value is -1.68. The summed E-state index contributed by atoms with van der Waals surface area (Å²) in [5.41, 5.74) is 0.770. The number of para-hydroxylation sites is 1. The largest absolute Gasteiger partial charge is 0.268 e. The Balaban J connectivity index is 2.70. The van der Waals surface area contributed by atoms with E-state index in [1.807, 2.05) is 23.6 Å². The second-order valence-electron chi connectivity index (χ2n) is 2.99. The fraction of sp³-hybridized carbons (Fsp3) is 0. The monoisotopic (exact) mass is 202 g/mol. The minimum absolute atomic E-state index is 0.00634. The van der Waals surface area contributed by atoms with E-state index in [1.165, 1.54) is 11.3 Å². The van der Waals surface area contributed by atoms with Crippen LogP contribution in [0.4, 0.5) is 0 Å². The first-order valence-corrected chi connectivity index (χ1v) is 5.09. The number of fused-ring (bicyclic) bond motifs is 2. The van der Waals surface area contributed by atoms with Gasteiger partial charge >= 0.3 is 0 Å². The van der Waals surface area contributed by atoms with E-state index in [9.17, 15) is 4.79 Å². The van der Waals surface area contributed by atoms with E-state index < -0.39 is 0 Å². The van der Waals surface area contributed by atoms with Gasteiger partial charge in [0.25, 0.3) is 5.56 Å². The van der Waals surface area contributed by atoms with Crippen LogP contribution in [0.3, 0.4) is 0 Å². The molecule has 0 atom stereocenters. The van der Waals surface area contributed by atoms with Gasteiger partial charge in [-0.1, -0.05) is 12.1 Å². The molecule has 14 heavy (non-hydrogen) atoms. The third kappa shape index (κ3) is 0.914. The Morgan fingerprint density at radius 1 is 1.29 bits per heavy atom. The third-order valence-electron chi connectivity index (χ3n) is 2.16. The average molecular weight is 202 g/mol. The van der Waals surface area contributed by atoms with Crippen molar-refractivity contribution in [2.45, 2.75) is 0 Å². The number of nitrogens with zero attached hydrogens (tertiary/aromatic N) is 2. The molecule has 0 bridgehead atoms.